The van der Waals surface area contributed by atoms with Gasteiger partial charge in [-0.05, 0) is 61.4 Å². The topological polar surface area (TPSA) is 18.5 Å². The number of alkyl halides is 12. The quantitative estimate of drug-likeness (QED) is 0.203. The lowest BCUT2D eigenvalue weighted by molar-refractivity contribution is -0.274. The van der Waals surface area contributed by atoms with Crippen molar-refractivity contribution in [1.82, 2.24) is 0 Å². The summed E-state index contributed by atoms with van der Waals surface area (Å²) in [6.07, 6.45) is -16.8. The lowest BCUT2D eigenvalue weighted by Gasteiger charge is -2.44. The maximum absolute atomic E-state index is 14.0. The second-order valence-electron chi connectivity index (χ2n) is 11.5. The first kappa shape index (κ1) is 37.0. The average Bonchev–Trinajstić information content (AvgIpc) is 2.93. The van der Waals surface area contributed by atoms with Gasteiger partial charge in [-0.3, -0.25) is 0 Å². The van der Waals surface area contributed by atoms with E-state index in [0.717, 1.165) is 45.4 Å². The van der Waals surface area contributed by atoms with Crippen molar-refractivity contribution in [1.29, 1.82) is 0 Å². The standard InChI is InChI=1S/C31H34F12O2/c1-4-6-19-7-9-20(10-8-19)21-16-44-27(45-17-21,23-13-25(30(38,39)40)15-26(14-23)31(41,42)43)18(3)11-24(29(35,36)37)12-22(5-2)28(32,33)34/h11-15,19-21H,3-10,16-17H2,1-2H3/b22-12+,24-11+. The van der Waals surface area contributed by atoms with Crippen molar-refractivity contribution in [3.05, 3.63) is 70.3 Å². The highest BCUT2D eigenvalue weighted by molar-refractivity contribution is 5.45. The summed E-state index contributed by atoms with van der Waals surface area (Å²) in [5.41, 5.74) is -8.92. The molecular formula is C31H34F12O2. The summed E-state index contributed by atoms with van der Waals surface area (Å²) in [6.45, 7) is 5.83. The van der Waals surface area contributed by atoms with Crippen LogP contribution in [0.3, 0.4) is 0 Å². The molecule has 1 saturated carbocycles. The monoisotopic (exact) mass is 666 g/mol. The molecule has 254 valence electrons. The largest absolute Gasteiger partial charge is 0.416 e. The molecule has 14 heteroatoms. The van der Waals surface area contributed by atoms with E-state index in [-0.39, 0.29) is 55.4 Å². The number of halogens is 12. The first-order valence-electron chi connectivity index (χ1n) is 14.5. The molecule has 0 atom stereocenters. The lowest BCUT2D eigenvalue weighted by Crippen LogP contribution is -2.45. The minimum atomic E-state index is -5.42. The summed E-state index contributed by atoms with van der Waals surface area (Å²) in [7, 11) is 0. The van der Waals surface area contributed by atoms with Gasteiger partial charge in [-0.1, -0.05) is 46.1 Å². The molecule has 1 saturated heterocycles. The van der Waals surface area contributed by atoms with Gasteiger partial charge in [0.2, 0.25) is 5.79 Å². The van der Waals surface area contributed by atoms with E-state index >= 15 is 0 Å². The van der Waals surface area contributed by atoms with E-state index in [1.54, 1.807) is 0 Å². The molecule has 1 aromatic rings. The second kappa shape index (κ2) is 13.7. The van der Waals surface area contributed by atoms with Crippen molar-refractivity contribution < 1.29 is 62.2 Å². The predicted octanol–water partition coefficient (Wildman–Crippen LogP) is 11.1. The summed E-state index contributed by atoms with van der Waals surface area (Å²) in [4.78, 5) is 0. The Labute approximate surface area is 253 Å². The summed E-state index contributed by atoms with van der Waals surface area (Å²) < 4.78 is 176. The van der Waals surface area contributed by atoms with Crippen LogP contribution in [-0.4, -0.2) is 25.6 Å². The van der Waals surface area contributed by atoms with E-state index in [4.69, 9.17) is 9.47 Å². The van der Waals surface area contributed by atoms with E-state index in [0.29, 0.717) is 5.92 Å². The molecule has 2 fully saturated rings. The number of benzene rings is 1. The fourth-order valence-corrected chi connectivity index (χ4v) is 5.91. The Morgan fingerprint density at radius 2 is 1.27 bits per heavy atom. The van der Waals surface area contributed by atoms with Gasteiger partial charge in [-0.2, -0.15) is 52.7 Å². The Hall–Kier alpha value is -2.48. The maximum Gasteiger partial charge on any atom is 0.416 e. The van der Waals surface area contributed by atoms with Crippen LogP contribution in [0.2, 0.25) is 0 Å². The smallest absolute Gasteiger partial charge is 0.342 e. The Balaban J connectivity index is 2.14. The number of rotatable bonds is 8. The van der Waals surface area contributed by atoms with Gasteiger partial charge in [0.05, 0.1) is 29.9 Å². The van der Waals surface area contributed by atoms with Crippen LogP contribution in [0.5, 0.6) is 0 Å². The van der Waals surface area contributed by atoms with Crippen LogP contribution < -0.4 is 0 Å². The van der Waals surface area contributed by atoms with Crippen molar-refractivity contribution in [3.8, 4) is 0 Å². The molecule has 2 nitrogen and oxygen atoms in total. The fraction of sp³-hybridized carbons (Fsp3) is 0.613. The third kappa shape index (κ3) is 9.08. The molecule has 0 bridgehead atoms. The Kier molecular flexibility index (Phi) is 11.3. The minimum Gasteiger partial charge on any atom is -0.342 e. The zero-order chi connectivity index (χ0) is 34.0. The van der Waals surface area contributed by atoms with E-state index in [9.17, 15) is 52.7 Å². The van der Waals surface area contributed by atoms with Gasteiger partial charge in [-0.25, -0.2) is 0 Å². The number of allylic oxidation sites excluding steroid dienone is 3. The molecule has 1 aliphatic heterocycles. The molecule has 0 radical (unpaired) electrons. The van der Waals surface area contributed by atoms with Crippen LogP contribution in [0, 0.1) is 17.8 Å². The molecule has 0 N–H and O–H groups in total. The number of hydrogen-bond donors (Lipinski definition) is 0. The Morgan fingerprint density at radius 1 is 0.756 bits per heavy atom. The lowest BCUT2D eigenvalue weighted by atomic mass is 9.74. The Bertz CT molecular complexity index is 1200. The highest BCUT2D eigenvalue weighted by Crippen LogP contribution is 2.47. The molecule has 45 heavy (non-hydrogen) atoms. The van der Waals surface area contributed by atoms with E-state index in [1.165, 1.54) is 0 Å². The number of hydrogen-bond acceptors (Lipinski definition) is 2. The summed E-state index contributed by atoms with van der Waals surface area (Å²) in [6, 6.07) is 0.332. The molecule has 0 spiro atoms. The summed E-state index contributed by atoms with van der Waals surface area (Å²) in [5, 5.41) is 0. The molecule has 0 amide bonds. The van der Waals surface area contributed by atoms with Crippen LogP contribution in [0.4, 0.5) is 52.7 Å². The Morgan fingerprint density at radius 3 is 1.67 bits per heavy atom. The van der Waals surface area contributed by atoms with E-state index < -0.39 is 70.3 Å². The van der Waals surface area contributed by atoms with Crippen molar-refractivity contribution in [3.63, 3.8) is 0 Å². The zero-order valence-corrected chi connectivity index (χ0v) is 24.5. The first-order valence-corrected chi connectivity index (χ1v) is 14.5. The van der Waals surface area contributed by atoms with Gasteiger partial charge >= 0.3 is 24.7 Å². The molecule has 3 rings (SSSR count). The highest BCUT2D eigenvalue weighted by atomic mass is 19.4. The van der Waals surface area contributed by atoms with Gasteiger partial charge in [0.25, 0.3) is 0 Å². The molecule has 2 aliphatic rings. The normalized spacial score (nSPS) is 26.2. The van der Waals surface area contributed by atoms with Crippen LogP contribution in [-0.2, 0) is 27.6 Å². The third-order valence-electron chi connectivity index (χ3n) is 8.38. The van der Waals surface area contributed by atoms with E-state index in [1.807, 2.05) is 0 Å². The van der Waals surface area contributed by atoms with Crippen LogP contribution in [0.25, 0.3) is 0 Å². The summed E-state index contributed by atoms with van der Waals surface area (Å²) in [5.74, 6) is -2.67. The highest BCUT2D eigenvalue weighted by Gasteiger charge is 2.48. The molecule has 0 aromatic heterocycles. The van der Waals surface area contributed by atoms with Gasteiger partial charge in [0.15, 0.2) is 0 Å². The van der Waals surface area contributed by atoms with Gasteiger partial charge in [0, 0.05) is 22.6 Å². The average molecular weight is 667 g/mol. The summed E-state index contributed by atoms with van der Waals surface area (Å²) >= 11 is 0. The van der Waals surface area contributed by atoms with Gasteiger partial charge < -0.3 is 9.47 Å². The molecule has 1 aliphatic carbocycles. The van der Waals surface area contributed by atoms with Gasteiger partial charge in [0.1, 0.15) is 0 Å². The predicted molar refractivity (Wildman–Crippen MR) is 142 cm³/mol. The van der Waals surface area contributed by atoms with Crippen molar-refractivity contribution in [2.45, 2.75) is 89.3 Å². The first-order chi connectivity index (χ1) is 20.6. The fourth-order valence-electron chi connectivity index (χ4n) is 5.91. The SMILES string of the molecule is C=C(/C=C(\C=C(/CC)C(F)(F)F)C(F)(F)F)C1(c2cc(C(F)(F)F)cc(C(F)(F)F)c2)OCC(C2CCC(CCC)CC2)CO1. The molecular weight excluding hydrogens is 632 g/mol. The van der Waals surface area contributed by atoms with Gasteiger partial charge in [-0.15, -0.1) is 0 Å². The third-order valence-corrected chi connectivity index (χ3v) is 8.38. The van der Waals surface area contributed by atoms with Crippen LogP contribution in [0.1, 0.15) is 75.5 Å². The number of ether oxygens (including phenoxy) is 2. The maximum atomic E-state index is 14.0. The van der Waals surface area contributed by atoms with E-state index in [2.05, 4.69) is 13.5 Å². The van der Waals surface area contributed by atoms with Crippen molar-refractivity contribution >= 4 is 0 Å². The molecule has 0 unspecified atom stereocenters. The van der Waals surface area contributed by atoms with Crippen LogP contribution in [0.15, 0.2) is 53.6 Å². The molecule has 1 aromatic carbocycles. The molecule has 1 heterocycles. The minimum absolute atomic E-state index is 0.0136. The van der Waals surface area contributed by atoms with Crippen molar-refractivity contribution in [2.75, 3.05) is 13.2 Å². The second-order valence-corrected chi connectivity index (χ2v) is 11.5. The van der Waals surface area contributed by atoms with Crippen LogP contribution >= 0.6 is 0 Å². The zero-order valence-electron chi connectivity index (χ0n) is 24.5. The van der Waals surface area contributed by atoms with Crippen molar-refractivity contribution in [2.24, 2.45) is 17.8 Å².